The van der Waals surface area contributed by atoms with E-state index in [-0.39, 0.29) is 24.4 Å². The number of thiol groups is 1. The topological polar surface area (TPSA) is 40.6 Å². The Morgan fingerprint density at radius 3 is 2.89 bits per heavy atom. The van der Waals surface area contributed by atoms with Gasteiger partial charge in [0.15, 0.2) is 0 Å². The molecule has 0 spiro atoms. The average molecular weight is 270 g/mol. The van der Waals surface area contributed by atoms with Gasteiger partial charge < -0.3 is 9.80 Å². The molecule has 0 saturated carbocycles. The highest BCUT2D eigenvalue weighted by Crippen LogP contribution is 2.24. The molecule has 102 valence electrons. The monoisotopic (exact) mass is 270 g/mol. The van der Waals surface area contributed by atoms with E-state index < -0.39 is 0 Å². The summed E-state index contributed by atoms with van der Waals surface area (Å²) in [5.41, 5.74) is 0. The van der Waals surface area contributed by atoms with Crippen LogP contribution in [0.25, 0.3) is 0 Å². The lowest BCUT2D eigenvalue weighted by Gasteiger charge is -2.37. The van der Waals surface area contributed by atoms with Crippen LogP contribution >= 0.6 is 12.6 Å². The van der Waals surface area contributed by atoms with Crippen molar-refractivity contribution >= 4 is 24.4 Å². The van der Waals surface area contributed by atoms with E-state index in [1.165, 1.54) is 0 Å². The third kappa shape index (κ3) is 2.66. The first-order chi connectivity index (χ1) is 8.67. The molecule has 2 aliphatic heterocycles. The van der Waals surface area contributed by atoms with Gasteiger partial charge in [0.25, 0.3) is 0 Å². The molecule has 2 unspecified atom stereocenters. The molecule has 2 aliphatic rings. The van der Waals surface area contributed by atoms with E-state index in [2.05, 4.69) is 19.6 Å². The minimum Gasteiger partial charge on any atom is -0.331 e. The molecule has 2 saturated heterocycles. The number of rotatable bonds is 5. The van der Waals surface area contributed by atoms with Crippen LogP contribution < -0.4 is 0 Å². The highest BCUT2D eigenvalue weighted by Gasteiger charge is 2.42. The fourth-order valence-corrected chi connectivity index (χ4v) is 3.28. The summed E-state index contributed by atoms with van der Waals surface area (Å²) in [4.78, 5) is 27.8. The van der Waals surface area contributed by atoms with Gasteiger partial charge in [-0.2, -0.15) is 12.6 Å². The maximum Gasteiger partial charge on any atom is 0.245 e. The number of fused-ring (bicyclic) bond motifs is 1. The summed E-state index contributed by atoms with van der Waals surface area (Å²) in [5.74, 6) is 1.45. The summed E-state index contributed by atoms with van der Waals surface area (Å²) in [6.45, 7) is 3.85. The van der Waals surface area contributed by atoms with Crippen molar-refractivity contribution in [2.75, 3.05) is 25.4 Å². The molecule has 5 heteroatoms. The zero-order valence-electron chi connectivity index (χ0n) is 11.0. The molecule has 2 heterocycles. The van der Waals surface area contributed by atoms with Gasteiger partial charge in [0.1, 0.15) is 6.04 Å². The van der Waals surface area contributed by atoms with Crippen molar-refractivity contribution in [2.24, 2.45) is 5.92 Å². The van der Waals surface area contributed by atoms with Gasteiger partial charge in [0.05, 0.1) is 6.54 Å². The lowest BCUT2D eigenvalue weighted by molar-refractivity contribution is -0.154. The molecule has 0 radical (unpaired) electrons. The maximum atomic E-state index is 12.3. The maximum absolute atomic E-state index is 12.3. The highest BCUT2D eigenvalue weighted by atomic mass is 32.1. The van der Waals surface area contributed by atoms with Crippen LogP contribution in [-0.2, 0) is 9.59 Å². The fourth-order valence-electron chi connectivity index (χ4n) is 2.98. The van der Waals surface area contributed by atoms with Crippen molar-refractivity contribution in [2.45, 2.75) is 38.6 Å². The number of piperazine rings is 1. The van der Waals surface area contributed by atoms with Crippen molar-refractivity contribution in [1.82, 2.24) is 9.80 Å². The second-order valence-electron chi connectivity index (χ2n) is 5.30. The van der Waals surface area contributed by atoms with Crippen LogP contribution in [0.1, 0.15) is 32.6 Å². The van der Waals surface area contributed by atoms with E-state index in [9.17, 15) is 9.59 Å². The first-order valence-electron chi connectivity index (χ1n) is 6.86. The quantitative estimate of drug-likeness (QED) is 0.762. The van der Waals surface area contributed by atoms with Crippen molar-refractivity contribution in [3.05, 3.63) is 0 Å². The van der Waals surface area contributed by atoms with Gasteiger partial charge in [-0.15, -0.1) is 0 Å². The average Bonchev–Trinajstić information content (AvgIpc) is 2.84. The molecule has 0 aromatic rings. The number of carbonyl (C=O) groups excluding carboxylic acids is 2. The van der Waals surface area contributed by atoms with Crippen LogP contribution in [0.4, 0.5) is 0 Å². The first kappa shape index (κ1) is 13.7. The van der Waals surface area contributed by atoms with Crippen molar-refractivity contribution in [3.8, 4) is 0 Å². The molecule has 2 amide bonds. The van der Waals surface area contributed by atoms with Gasteiger partial charge in [0.2, 0.25) is 11.8 Å². The molecule has 0 N–H and O–H groups in total. The van der Waals surface area contributed by atoms with Crippen molar-refractivity contribution < 1.29 is 9.59 Å². The largest absolute Gasteiger partial charge is 0.331 e. The van der Waals surface area contributed by atoms with Crippen molar-refractivity contribution in [1.29, 1.82) is 0 Å². The number of nitrogens with zero attached hydrogens (tertiary/aromatic N) is 2. The predicted octanol–water partition coefficient (Wildman–Crippen LogP) is 1.17. The number of carbonyl (C=O) groups is 2. The van der Waals surface area contributed by atoms with Crippen molar-refractivity contribution in [3.63, 3.8) is 0 Å². The molecule has 2 fully saturated rings. The van der Waals surface area contributed by atoms with Gasteiger partial charge in [-0.3, -0.25) is 9.59 Å². The van der Waals surface area contributed by atoms with E-state index in [1.54, 1.807) is 9.80 Å². The Hall–Kier alpha value is -0.710. The van der Waals surface area contributed by atoms with Crippen LogP contribution in [0.5, 0.6) is 0 Å². The smallest absolute Gasteiger partial charge is 0.245 e. The Kier molecular flexibility index (Phi) is 4.54. The second kappa shape index (κ2) is 5.95. The zero-order valence-corrected chi connectivity index (χ0v) is 11.9. The van der Waals surface area contributed by atoms with E-state index in [4.69, 9.17) is 0 Å². The first-order valence-corrected chi connectivity index (χ1v) is 7.49. The summed E-state index contributed by atoms with van der Waals surface area (Å²) in [6.07, 6.45) is 3.95. The SMILES string of the molecule is CCCC(CS)CN1CC(=O)N2CCCC2C1=O. The number of amides is 2. The van der Waals surface area contributed by atoms with E-state index in [0.29, 0.717) is 12.5 Å². The Morgan fingerprint density at radius 1 is 1.44 bits per heavy atom. The summed E-state index contributed by atoms with van der Waals surface area (Å²) >= 11 is 4.34. The molecular weight excluding hydrogens is 248 g/mol. The van der Waals surface area contributed by atoms with Crippen LogP contribution in [0.3, 0.4) is 0 Å². The standard InChI is InChI=1S/C13H22N2O2S/c1-2-4-10(9-18)7-14-8-12(16)15-6-3-5-11(15)13(14)17/h10-11,18H,2-9H2,1H3. The van der Waals surface area contributed by atoms with Gasteiger partial charge in [0, 0.05) is 13.1 Å². The molecule has 4 nitrogen and oxygen atoms in total. The van der Waals surface area contributed by atoms with Gasteiger partial charge in [-0.1, -0.05) is 13.3 Å². The molecule has 2 atom stereocenters. The number of hydrogen-bond donors (Lipinski definition) is 1. The fraction of sp³-hybridized carbons (Fsp3) is 0.846. The minimum absolute atomic E-state index is 0.117. The normalized spacial score (nSPS) is 25.6. The summed E-state index contributed by atoms with van der Waals surface area (Å²) in [6, 6.07) is -0.173. The Bertz CT molecular complexity index is 335. The van der Waals surface area contributed by atoms with Gasteiger partial charge in [-0.05, 0) is 30.9 Å². The third-order valence-electron chi connectivity index (χ3n) is 3.93. The zero-order chi connectivity index (χ0) is 13.1. The Balaban J connectivity index is 2.00. The van der Waals surface area contributed by atoms with E-state index in [1.807, 2.05) is 0 Å². The second-order valence-corrected chi connectivity index (χ2v) is 5.67. The summed E-state index contributed by atoms with van der Waals surface area (Å²) in [7, 11) is 0. The van der Waals surface area contributed by atoms with E-state index in [0.717, 1.165) is 38.0 Å². The number of hydrogen-bond acceptors (Lipinski definition) is 3. The van der Waals surface area contributed by atoms with Crippen LogP contribution in [0.15, 0.2) is 0 Å². The minimum atomic E-state index is -0.173. The third-order valence-corrected chi connectivity index (χ3v) is 4.45. The molecule has 2 rings (SSSR count). The van der Waals surface area contributed by atoms with Crippen LogP contribution in [-0.4, -0.2) is 53.0 Å². The van der Waals surface area contributed by atoms with E-state index >= 15 is 0 Å². The van der Waals surface area contributed by atoms with Gasteiger partial charge >= 0.3 is 0 Å². The molecule has 0 bridgehead atoms. The van der Waals surface area contributed by atoms with Crippen LogP contribution in [0.2, 0.25) is 0 Å². The molecule has 0 aromatic carbocycles. The summed E-state index contributed by atoms with van der Waals surface area (Å²) in [5, 5.41) is 0. The van der Waals surface area contributed by atoms with Crippen LogP contribution in [0, 0.1) is 5.92 Å². The lowest BCUT2D eigenvalue weighted by Crippen LogP contribution is -2.58. The Morgan fingerprint density at radius 2 is 2.22 bits per heavy atom. The molecule has 0 aliphatic carbocycles. The molecular formula is C13H22N2O2S. The predicted molar refractivity (Wildman–Crippen MR) is 73.6 cm³/mol. The molecule has 0 aromatic heterocycles. The summed E-state index contributed by atoms with van der Waals surface area (Å²) < 4.78 is 0. The molecule has 18 heavy (non-hydrogen) atoms. The lowest BCUT2D eigenvalue weighted by atomic mass is 10.0. The van der Waals surface area contributed by atoms with Gasteiger partial charge in [-0.25, -0.2) is 0 Å². The highest BCUT2D eigenvalue weighted by molar-refractivity contribution is 7.80. The Labute approximate surface area is 114 Å².